The van der Waals surface area contributed by atoms with Gasteiger partial charge in [-0.15, -0.1) is 11.6 Å². The number of aromatic nitrogens is 5. The molecule has 1 aliphatic heterocycles. The van der Waals surface area contributed by atoms with Crippen molar-refractivity contribution < 1.29 is 9.53 Å². The minimum Gasteiger partial charge on any atom is -0.478 e. The van der Waals surface area contributed by atoms with Gasteiger partial charge in [-0.1, -0.05) is 11.6 Å². The molecule has 1 aliphatic rings. The van der Waals surface area contributed by atoms with Gasteiger partial charge < -0.3 is 14.5 Å². The van der Waals surface area contributed by atoms with E-state index in [1.807, 2.05) is 26.1 Å². The lowest BCUT2D eigenvalue weighted by atomic mass is 10.2. The number of pyridine rings is 2. The summed E-state index contributed by atoms with van der Waals surface area (Å²) in [5.41, 5.74) is 1.53. The maximum Gasteiger partial charge on any atom is 0.237 e. The fraction of sp³-hybridized carbons (Fsp3) is 0.364. The quantitative estimate of drug-likeness (QED) is 0.246. The molecule has 0 bridgehead atoms. The number of rotatable bonds is 5. The van der Waals surface area contributed by atoms with E-state index in [2.05, 4.69) is 25.0 Å². The molecule has 10 nitrogen and oxygen atoms in total. The zero-order chi connectivity index (χ0) is 24.5. The van der Waals surface area contributed by atoms with Crippen molar-refractivity contribution in [2.75, 3.05) is 43.6 Å². The predicted octanol–water partition coefficient (Wildman–Crippen LogP) is 2.86. The van der Waals surface area contributed by atoms with E-state index in [1.54, 1.807) is 34.2 Å². The Labute approximate surface area is 208 Å². The Bertz CT molecular complexity index is 1080. The van der Waals surface area contributed by atoms with Gasteiger partial charge in [0.1, 0.15) is 23.2 Å². The predicted molar refractivity (Wildman–Crippen MR) is 131 cm³/mol. The van der Waals surface area contributed by atoms with Crippen molar-refractivity contribution in [1.29, 1.82) is 5.41 Å². The minimum absolute atomic E-state index is 0.00847. The van der Waals surface area contributed by atoms with Crippen molar-refractivity contribution in [3.8, 4) is 11.4 Å². The number of ether oxygens (including phenoxy) is 1. The molecule has 34 heavy (non-hydrogen) atoms. The van der Waals surface area contributed by atoms with E-state index < -0.39 is 0 Å². The van der Waals surface area contributed by atoms with Gasteiger partial charge in [0.15, 0.2) is 5.82 Å². The summed E-state index contributed by atoms with van der Waals surface area (Å²) in [5.74, 6) is 1.73. The van der Waals surface area contributed by atoms with Gasteiger partial charge in [-0.25, -0.2) is 15.0 Å². The summed E-state index contributed by atoms with van der Waals surface area (Å²) in [4.78, 5) is 28.0. The molecule has 1 N–H and O–H groups in total. The fourth-order valence-corrected chi connectivity index (χ4v) is 3.47. The van der Waals surface area contributed by atoms with Crippen LogP contribution < -0.4 is 4.90 Å². The van der Waals surface area contributed by atoms with Crippen LogP contribution in [0, 0.1) is 5.41 Å². The van der Waals surface area contributed by atoms with E-state index in [0.29, 0.717) is 36.2 Å². The number of anilines is 1. The van der Waals surface area contributed by atoms with E-state index in [0.717, 1.165) is 24.5 Å². The second kappa shape index (κ2) is 12.3. The lowest BCUT2D eigenvalue weighted by molar-refractivity contribution is -0.128. The molecule has 3 aromatic heterocycles. The number of amides is 1. The van der Waals surface area contributed by atoms with Crippen LogP contribution in [0.1, 0.15) is 12.5 Å². The molecule has 0 aromatic carbocycles. The van der Waals surface area contributed by atoms with Gasteiger partial charge in [-0.3, -0.25) is 14.9 Å². The Morgan fingerprint density at radius 2 is 1.85 bits per heavy atom. The molecule has 0 spiro atoms. The van der Waals surface area contributed by atoms with Crippen LogP contribution >= 0.6 is 23.2 Å². The van der Waals surface area contributed by atoms with Crippen molar-refractivity contribution in [2.45, 2.75) is 6.92 Å². The van der Waals surface area contributed by atoms with E-state index in [9.17, 15) is 4.79 Å². The van der Waals surface area contributed by atoms with Crippen molar-refractivity contribution in [1.82, 2.24) is 29.6 Å². The van der Waals surface area contributed by atoms with E-state index >= 15 is 0 Å². The third-order valence-electron chi connectivity index (χ3n) is 4.95. The topological polar surface area (TPSA) is 113 Å². The molecule has 0 aliphatic carbocycles. The molecule has 4 rings (SSSR count). The molecule has 0 atom stereocenters. The highest BCUT2D eigenvalue weighted by molar-refractivity contribution is 6.29. The number of hydrogen-bond donors (Lipinski definition) is 1. The molecule has 1 amide bonds. The van der Waals surface area contributed by atoms with Crippen LogP contribution in [0.15, 0.2) is 43.0 Å². The number of aryl methyl sites for hydroxylation is 1. The highest BCUT2D eigenvalue weighted by Gasteiger charge is 2.21. The number of nitrogens with zero attached hydrogens (tertiary/aromatic N) is 7. The number of hydrogen-bond acceptors (Lipinski definition) is 8. The maximum absolute atomic E-state index is 11.6. The summed E-state index contributed by atoms with van der Waals surface area (Å²) in [6, 6.07) is 7.26. The second-order valence-corrected chi connectivity index (χ2v) is 7.93. The number of carbonyl (C=O) groups excluding carboxylic acids is 1. The molecule has 0 saturated carbocycles. The Hall–Kier alpha value is -3.24. The normalized spacial score (nSPS) is 13.2. The molecule has 4 heterocycles. The first kappa shape index (κ1) is 25.4. The van der Waals surface area contributed by atoms with E-state index in [-0.39, 0.29) is 17.7 Å². The van der Waals surface area contributed by atoms with Crippen molar-refractivity contribution >= 4 is 40.8 Å². The first-order valence-corrected chi connectivity index (χ1v) is 11.6. The highest BCUT2D eigenvalue weighted by Crippen LogP contribution is 2.18. The Morgan fingerprint density at radius 3 is 2.38 bits per heavy atom. The summed E-state index contributed by atoms with van der Waals surface area (Å²) in [6.45, 7) is 5.19. The molecular formula is C22H26Cl2N8O2. The average molecular weight is 505 g/mol. The van der Waals surface area contributed by atoms with Gasteiger partial charge in [0.25, 0.3) is 0 Å². The standard InChI is InChI=1S/C14H17ClN6O.C8H9ClN2O/c1-19-10-17-14(18-19)11-2-3-12(16-9-11)20-4-6-21(7-5-20)13(22)8-15;1-2-12-8(10)6-3-4-7(9)11-5-6/h2-3,9-10H,4-8H2,1H3;3-5,10H,2H2,1H3. The first-order valence-electron chi connectivity index (χ1n) is 10.6. The van der Waals surface area contributed by atoms with Gasteiger partial charge in [-0.2, -0.15) is 5.10 Å². The number of halogens is 2. The molecule has 0 radical (unpaired) electrons. The lowest BCUT2D eigenvalue weighted by Gasteiger charge is -2.35. The van der Waals surface area contributed by atoms with Crippen molar-refractivity contribution in [2.24, 2.45) is 7.05 Å². The van der Waals surface area contributed by atoms with Crippen LogP contribution in [0.25, 0.3) is 11.4 Å². The number of piperazine rings is 1. The summed E-state index contributed by atoms with van der Waals surface area (Å²) in [5, 5.41) is 12.1. The van der Waals surface area contributed by atoms with Gasteiger partial charge in [-0.05, 0) is 31.2 Å². The molecule has 3 aromatic rings. The Kier molecular flexibility index (Phi) is 9.17. The Balaban J connectivity index is 0.000000229. The third-order valence-corrected chi connectivity index (χ3v) is 5.41. The van der Waals surface area contributed by atoms with E-state index in [4.69, 9.17) is 33.3 Å². The lowest BCUT2D eigenvalue weighted by Crippen LogP contribution is -2.49. The average Bonchev–Trinajstić information content (AvgIpc) is 3.31. The molecule has 12 heteroatoms. The maximum atomic E-state index is 11.6. The largest absolute Gasteiger partial charge is 0.478 e. The SMILES string of the molecule is CCOC(=N)c1ccc(Cl)nc1.Cn1cnc(-c2ccc(N3CCN(C(=O)CCl)CC3)nc2)n1. The number of alkyl halides is 1. The molecule has 1 saturated heterocycles. The third kappa shape index (κ3) is 6.88. The van der Waals surface area contributed by atoms with Crippen LogP contribution in [-0.2, 0) is 16.6 Å². The van der Waals surface area contributed by atoms with Gasteiger partial charge in [0.05, 0.1) is 12.2 Å². The summed E-state index contributed by atoms with van der Waals surface area (Å²) >= 11 is 11.2. The number of carbonyl (C=O) groups is 1. The van der Waals surface area contributed by atoms with Crippen molar-refractivity contribution in [3.63, 3.8) is 0 Å². The molecular weight excluding hydrogens is 479 g/mol. The van der Waals surface area contributed by atoms with Crippen LogP contribution in [0.5, 0.6) is 0 Å². The smallest absolute Gasteiger partial charge is 0.237 e. The zero-order valence-electron chi connectivity index (χ0n) is 19.0. The summed E-state index contributed by atoms with van der Waals surface area (Å²) < 4.78 is 6.63. The van der Waals surface area contributed by atoms with Crippen molar-refractivity contribution in [3.05, 3.63) is 53.7 Å². The molecule has 1 fully saturated rings. The summed E-state index contributed by atoms with van der Waals surface area (Å²) in [7, 11) is 1.83. The highest BCUT2D eigenvalue weighted by atomic mass is 35.5. The van der Waals surface area contributed by atoms with Gasteiger partial charge in [0.2, 0.25) is 11.8 Å². The van der Waals surface area contributed by atoms with Crippen LogP contribution in [0.3, 0.4) is 0 Å². The monoisotopic (exact) mass is 504 g/mol. The van der Waals surface area contributed by atoms with Gasteiger partial charge >= 0.3 is 0 Å². The first-order chi connectivity index (χ1) is 16.4. The van der Waals surface area contributed by atoms with Crippen LogP contribution in [0.2, 0.25) is 5.15 Å². The minimum atomic E-state index is -0.00847. The number of nitrogens with one attached hydrogen (secondary N) is 1. The molecule has 0 unspecified atom stereocenters. The zero-order valence-corrected chi connectivity index (χ0v) is 20.5. The van der Waals surface area contributed by atoms with Gasteiger partial charge in [0, 0.05) is 51.2 Å². The summed E-state index contributed by atoms with van der Waals surface area (Å²) in [6.07, 6.45) is 4.96. The van der Waals surface area contributed by atoms with Crippen LogP contribution in [-0.4, -0.2) is 80.1 Å². The van der Waals surface area contributed by atoms with Crippen LogP contribution in [0.4, 0.5) is 5.82 Å². The fourth-order valence-electron chi connectivity index (χ4n) is 3.18. The van der Waals surface area contributed by atoms with E-state index in [1.165, 1.54) is 6.20 Å². The Morgan fingerprint density at radius 1 is 1.09 bits per heavy atom. The molecule has 180 valence electrons. The second-order valence-electron chi connectivity index (χ2n) is 7.28.